The molecule has 0 radical (unpaired) electrons. The third-order valence-electron chi connectivity index (χ3n) is 3.04. The summed E-state index contributed by atoms with van der Waals surface area (Å²) >= 11 is 2.53. The van der Waals surface area contributed by atoms with E-state index in [4.69, 9.17) is 4.74 Å². The summed E-state index contributed by atoms with van der Waals surface area (Å²) in [5, 5.41) is 6.31. The van der Waals surface area contributed by atoms with Crippen molar-refractivity contribution in [3.8, 4) is 5.75 Å². The van der Waals surface area contributed by atoms with Gasteiger partial charge in [-0.25, -0.2) is 9.98 Å². The molecule has 2 aromatic rings. The first-order chi connectivity index (χ1) is 12.0. The number of carbonyl (C=O) groups excluding carboxylic acids is 2. The summed E-state index contributed by atoms with van der Waals surface area (Å²) in [5.41, 5.74) is 0.639. The van der Waals surface area contributed by atoms with Crippen LogP contribution >= 0.6 is 23.1 Å². The summed E-state index contributed by atoms with van der Waals surface area (Å²) in [6.07, 6.45) is 3.32. The van der Waals surface area contributed by atoms with E-state index in [-0.39, 0.29) is 11.8 Å². The number of para-hydroxylation sites is 2. The predicted octanol–water partition coefficient (Wildman–Crippen LogP) is 3.00. The topological polar surface area (TPSA) is 92.7 Å². The Morgan fingerprint density at radius 2 is 2.20 bits per heavy atom. The lowest BCUT2D eigenvalue weighted by Gasteiger charge is -2.03. The van der Waals surface area contributed by atoms with Crippen LogP contribution in [0.5, 0.6) is 5.75 Å². The highest BCUT2D eigenvalue weighted by atomic mass is 32.2. The number of aromatic nitrogens is 1. The Labute approximate surface area is 152 Å². The van der Waals surface area contributed by atoms with Crippen molar-refractivity contribution < 1.29 is 14.3 Å². The molecule has 0 spiro atoms. The highest BCUT2D eigenvalue weighted by molar-refractivity contribution is 8.18. The number of rotatable bonds is 4. The minimum absolute atomic E-state index is 0.187. The number of amidine groups is 1. The van der Waals surface area contributed by atoms with Gasteiger partial charge < -0.3 is 15.4 Å². The SMILES string of the molecule is COc1ccccc1N=C1NC(=O)/C(=C/c2cnc(NC(C)=O)s2)S1. The number of amides is 2. The van der Waals surface area contributed by atoms with Gasteiger partial charge in [0.1, 0.15) is 11.4 Å². The number of benzene rings is 1. The number of hydrogen-bond acceptors (Lipinski definition) is 7. The number of thioether (sulfide) groups is 1. The van der Waals surface area contributed by atoms with Crippen LogP contribution in [0.15, 0.2) is 40.4 Å². The Morgan fingerprint density at radius 1 is 1.40 bits per heavy atom. The number of aliphatic imine (C=N–C) groups is 1. The monoisotopic (exact) mass is 374 g/mol. The number of ether oxygens (including phenoxy) is 1. The molecule has 1 aliphatic heterocycles. The molecule has 1 aliphatic rings. The molecule has 0 atom stereocenters. The molecule has 128 valence electrons. The molecule has 1 aromatic carbocycles. The normalized spacial score (nSPS) is 17.0. The van der Waals surface area contributed by atoms with Crippen LogP contribution < -0.4 is 15.4 Å². The van der Waals surface area contributed by atoms with Crippen molar-refractivity contribution in [1.82, 2.24) is 10.3 Å². The van der Waals surface area contributed by atoms with Crippen molar-refractivity contribution in [1.29, 1.82) is 0 Å². The summed E-state index contributed by atoms with van der Waals surface area (Å²) in [6.45, 7) is 1.42. The van der Waals surface area contributed by atoms with Crippen molar-refractivity contribution in [2.24, 2.45) is 4.99 Å². The van der Waals surface area contributed by atoms with E-state index >= 15 is 0 Å². The van der Waals surface area contributed by atoms with E-state index in [0.29, 0.717) is 26.6 Å². The lowest BCUT2D eigenvalue weighted by Crippen LogP contribution is -2.19. The van der Waals surface area contributed by atoms with Gasteiger partial charge in [-0.05, 0) is 30.0 Å². The summed E-state index contributed by atoms with van der Waals surface area (Å²) in [4.78, 5) is 32.9. The zero-order valence-corrected chi connectivity index (χ0v) is 15.0. The molecular weight excluding hydrogens is 360 g/mol. The van der Waals surface area contributed by atoms with Gasteiger partial charge in [0.15, 0.2) is 10.3 Å². The number of methoxy groups -OCH3 is 1. The van der Waals surface area contributed by atoms with Gasteiger partial charge in [0, 0.05) is 13.1 Å². The molecule has 25 heavy (non-hydrogen) atoms. The Kier molecular flexibility index (Phi) is 5.15. The minimum atomic E-state index is -0.229. The number of nitrogens with zero attached hydrogens (tertiary/aromatic N) is 2. The summed E-state index contributed by atoms with van der Waals surface area (Å²) < 4.78 is 5.25. The summed E-state index contributed by atoms with van der Waals surface area (Å²) in [6, 6.07) is 7.31. The van der Waals surface area contributed by atoms with E-state index in [1.807, 2.05) is 18.2 Å². The first kappa shape index (κ1) is 17.2. The van der Waals surface area contributed by atoms with Crippen LogP contribution in [0.25, 0.3) is 6.08 Å². The van der Waals surface area contributed by atoms with Gasteiger partial charge in [0.2, 0.25) is 5.91 Å². The van der Waals surface area contributed by atoms with Gasteiger partial charge in [0.25, 0.3) is 5.91 Å². The lowest BCUT2D eigenvalue weighted by molar-refractivity contribution is -0.115. The zero-order chi connectivity index (χ0) is 17.8. The fourth-order valence-corrected chi connectivity index (χ4v) is 3.71. The Morgan fingerprint density at radius 3 is 2.96 bits per heavy atom. The smallest absolute Gasteiger partial charge is 0.264 e. The largest absolute Gasteiger partial charge is 0.494 e. The standard InChI is InChI=1S/C16H14N4O3S2/c1-9(21)18-15-17-8-10(24-15)7-13-14(22)20-16(25-13)19-11-5-3-4-6-12(11)23-2/h3-8H,1-2H3,(H,17,18,21)(H,19,20,22)/b13-7-. The molecule has 2 heterocycles. The molecule has 3 rings (SSSR count). The number of nitrogens with one attached hydrogen (secondary N) is 2. The molecule has 1 fully saturated rings. The Bertz CT molecular complexity index is 889. The first-order valence-corrected chi connectivity index (χ1v) is 8.84. The van der Waals surface area contributed by atoms with Crippen LogP contribution in [0, 0.1) is 0 Å². The van der Waals surface area contributed by atoms with E-state index in [9.17, 15) is 9.59 Å². The molecule has 0 bridgehead atoms. The molecule has 1 aromatic heterocycles. The van der Waals surface area contributed by atoms with Crippen LogP contribution in [0.3, 0.4) is 0 Å². The third kappa shape index (κ3) is 4.25. The average molecular weight is 374 g/mol. The Hall–Kier alpha value is -2.65. The number of thiazole rings is 1. The maximum atomic E-state index is 12.1. The summed E-state index contributed by atoms with van der Waals surface area (Å²) in [7, 11) is 1.57. The van der Waals surface area contributed by atoms with Crippen molar-refractivity contribution >= 4 is 57.0 Å². The average Bonchev–Trinajstić information content (AvgIpc) is 3.14. The fourth-order valence-electron chi connectivity index (χ4n) is 2.00. The lowest BCUT2D eigenvalue weighted by atomic mass is 10.3. The highest BCUT2D eigenvalue weighted by Crippen LogP contribution is 2.32. The first-order valence-electron chi connectivity index (χ1n) is 7.21. The summed E-state index contributed by atoms with van der Waals surface area (Å²) in [5.74, 6) is 0.213. The van der Waals surface area contributed by atoms with E-state index in [1.165, 1.54) is 30.0 Å². The van der Waals surface area contributed by atoms with Crippen LogP contribution in [-0.4, -0.2) is 29.1 Å². The molecule has 0 saturated carbocycles. The molecule has 2 N–H and O–H groups in total. The van der Waals surface area contributed by atoms with Crippen molar-refractivity contribution in [3.05, 3.63) is 40.2 Å². The molecule has 0 aliphatic carbocycles. The molecule has 9 heteroatoms. The van der Waals surface area contributed by atoms with Gasteiger partial charge in [-0.2, -0.15) is 0 Å². The minimum Gasteiger partial charge on any atom is -0.494 e. The molecule has 2 amide bonds. The fraction of sp³-hybridized carbons (Fsp3) is 0.125. The van der Waals surface area contributed by atoms with E-state index in [0.717, 1.165) is 4.88 Å². The molecule has 0 unspecified atom stereocenters. The Balaban J connectivity index is 1.79. The third-order valence-corrected chi connectivity index (χ3v) is 4.81. The van der Waals surface area contributed by atoms with Gasteiger partial charge in [-0.3, -0.25) is 9.59 Å². The predicted molar refractivity (Wildman–Crippen MR) is 100 cm³/mol. The molecule has 7 nitrogen and oxygen atoms in total. The molecule has 1 saturated heterocycles. The number of carbonyl (C=O) groups is 2. The van der Waals surface area contributed by atoms with E-state index < -0.39 is 0 Å². The quantitative estimate of drug-likeness (QED) is 0.803. The van der Waals surface area contributed by atoms with Crippen molar-refractivity contribution in [2.75, 3.05) is 12.4 Å². The second-order valence-corrected chi connectivity index (χ2v) is 7.00. The maximum Gasteiger partial charge on any atom is 0.264 e. The van der Waals surface area contributed by atoms with Gasteiger partial charge in [0.05, 0.1) is 16.9 Å². The van der Waals surface area contributed by atoms with Crippen LogP contribution in [0.2, 0.25) is 0 Å². The highest BCUT2D eigenvalue weighted by Gasteiger charge is 2.24. The second kappa shape index (κ2) is 7.49. The van der Waals surface area contributed by atoms with Gasteiger partial charge in [-0.1, -0.05) is 23.5 Å². The van der Waals surface area contributed by atoms with Crippen molar-refractivity contribution in [2.45, 2.75) is 6.92 Å². The van der Waals surface area contributed by atoms with Crippen LogP contribution in [-0.2, 0) is 9.59 Å². The zero-order valence-electron chi connectivity index (χ0n) is 13.4. The van der Waals surface area contributed by atoms with E-state index in [2.05, 4.69) is 20.6 Å². The number of anilines is 1. The van der Waals surface area contributed by atoms with Crippen molar-refractivity contribution in [3.63, 3.8) is 0 Å². The van der Waals surface area contributed by atoms with Crippen LogP contribution in [0.1, 0.15) is 11.8 Å². The maximum absolute atomic E-state index is 12.1. The van der Waals surface area contributed by atoms with Crippen LogP contribution in [0.4, 0.5) is 10.8 Å². The van der Waals surface area contributed by atoms with Gasteiger partial charge >= 0.3 is 0 Å². The molecular formula is C16H14N4O3S2. The van der Waals surface area contributed by atoms with Gasteiger partial charge in [-0.15, -0.1) is 0 Å². The number of hydrogen-bond donors (Lipinski definition) is 2. The second-order valence-electron chi connectivity index (χ2n) is 4.90. The van der Waals surface area contributed by atoms with E-state index in [1.54, 1.807) is 25.4 Å².